The number of nitriles is 1. The van der Waals surface area contributed by atoms with Crippen LogP contribution in [0.4, 0.5) is 41.2 Å². The predicted molar refractivity (Wildman–Crippen MR) is 166 cm³/mol. The molecule has 268 valence electrons. The van der Waals surface area contributed by atoms with Crippen LogP contribution in [0.1, 0.15) is 63.6 Å². The Morgan fingerprint density at radius 3 is 2.31 bits per heavy atom. The molecule has 0 saturated heterocycles. The summed E-state index contributed by atoms with van der Waals surface area (Å²) in [4.78, 5) is 31.2. The Morgan fingerprint density at radius 2 is 1.73 bits per heavy atom. The highest BCUT2D eigenvalue weighted by molar-refractivity contribution is 6.01. The number of pyridine rings is 1. The Bertz CT molecular complexity index is 2030. The molecule has 2 aromatic carbocycles. The van der Waals surface area contributed by atoms with Crippen LogP contribution in [-0.4, -0.2) is 38.8 Å². The molecule has 1 aliphatic heterocycles. The topological polar surface area (TPSA) is 134 Å². The molecule has 4 aromatic rings. The molecule has 1 atom stereocenters. The molecule has 2 amide bonds. The lowest BCUT2D eigenvalue weighted by Gasteiger charge is -2.27. The third kappa shape index (κ3) is 7.79. The summed E-state index contributed by atoms with van der Waals surface area (Å²) in [5.74, 6) is -8.03. The Kier molecular flexibility index (Phi) is 9.35. The van der Waals surface area contributed by atoms with Gasteiger partial charge < -0.3 is 19.4 Å². The maximum absolute atomic E-state index is 15.9. The minimum atomic E-state index is -4.82. The van der Waals surface area contributed by atoms with Gasteiger partial charge in [0.2, 0.25) is 11.8 Å². The summed E-state index contributed by atoms with van der Waals surface area (Å²) in [6.45, 7) is 7.05. The number of ether oxygens (including phenoxy) is 1. The van der Waals surface area contributed by atoms with E-state index in [4.69, 9.17) is 9.15 Å². The van der Waals surface area contributed by atoms with Crippen molar-refractivity contribution in [3.05, 3.63) is 82.9 Å². The van der Waals surface area contributed by atoms with Gasteiger partial charge in [-0.3, -0.25) is 9.78 Å². The van der Waals surface area contributed by atoms with Crippen LogP contribution in [0.2, 0.25) is 0 Å². The largest absolute Gasteiger partial charge is 0.444 e. The second-order valence-electron chi connectivity index (χ2n) is 13.3. The molecule has 1 N–H and O–H groups in total. The number of benzene rings is 2. The third-order valence-electron chi connectivity index (χ3n) is 7.69. The highest BCUT2D eigenvalue weighted by Gasteiger charge is 2.47. The second-order valence-corrected chi connectivity index (χ2v) is 13.3. The van der Waals surface area contributed by atoms with Crippen molar-refractivity contribution in [2.75, 3.05) is 4.90 Å². The monoisotopic (exact) mass is 718 g/mol. The number of carbonyl (C=O) groups excluding carboxylic acids is 2. The lowest BCUT2D eigenvalue weighted by atomic mass is 9.96. The van der Waals surface area contributed by atoms with Gasteiger partial charge in [0.15, 0.2) is 0 Å². The number of fused-ring (bicyclic) bond motifs is 1. The van der Waals surface area contributed by atoms with E-state index in [1.807, 2.05) is 6.07 Å². The third-order valence-corrected chi connectivity index (χ3v) is 7.69. The van der Waals surface area contributed by atoms with E-state index in [1.165, 1.54) is 58.9 Å². The Hall–Kier alpha value is -5.53. The molecule has 0 aliphatic carbocycles. The van der Waals surface area contributed by atoms with E-state index in [0.29, 0.717) is 18.3 Å². The first kappa shape index (κ1) is 36.7. The summed E-state index contributed by atoms with van der Waals surface area (Å²) in [6.07, 6.45) is -6.78. The Labute approximate surface area is 286 Å². The molecule has 3 heterocycles. The van der Waals surface area contributed by atoms with E-state index in [0.717, 1.165) is 11.0 Å². The molecule has 1 unspecified atom stereocenters. The zero-order valence-corrected chi connectivity index (χ0v) is 27.6. The van der Waals surface area contributed by atoms with Crippen LogP contribution in [0, 0.1) is 23.0 Å². The van der Waals surface area contributed by atoms with E-state index in [2.05, 4.69) is 20.5 Å². The molecular weight excluding hydrogens is 689 g/mol. The number of anilines is 1. The minimum absolute atomic E-state index is 0.0698. The number of amides is 2. The van der Waals surface area contributed by atoms with Gasteiger partial charge in [0.25, 0.3) is 11.8 Å². The second kappa shape index (κ2) is 13.0. The van der Waals surface area contributed by atoms with Crippen LogP contribution < -0.4 is 10.2 Å². The van der Waals surface area contributed by atoms with Crippen LogP contribution in [0.5, 0.6) is 0 Å². The average Bonchev–Trinajstić information content (AvgIpc) is 3.51. The van der Waals surface area contributed by atoms with Crippen molar-refractivity contribution in [3.63, 3.8) is 0 Å². The fourth-order valence-electron chi connectivity index (χ4n) is 5.12. The number of hydrogen-bond acceptors (Lipinski definition) is 8. The number of nitrogens with one attached hydrogen (secondary N) is 1. The zero-order valence-electron chi connectivity index (χ0n) is 27.6. The molecular formula is C34H29F7N6O4. The normalized spacial score (nSPS) is 16.3. The fraction of sp³-hybridized carbons (Fsp3) is 0.353. The number of alkyl carbamates (subject to hydrolysis) is 1. The first-order valence-electron chi connectivity index (χ1n) is 15.2. The highest BCUT2D eigenvalue weighted by atomic mass is 19.4. The first-order valence-corrected chi connectivity index (χ1v) is 15.2. The zero-order chi connectivity index (χ0) is 37.7. The molecule has 5 rings (SSSR count). The van der Waals surface area contributed by atoms with Crippen LogP contribution in [0.3, 0.4) is 0 Å². The molecule has 0 saturated carbocycles. The van der Waals surface area contributed by atoms with E-state index in [9.17, 15) is 32.4 Å². The number of carbonyl (C=O) groups is 2. The predicted octanol–water partition coefficient (Wildman–Crippen LogP) is 7.82. The standard InChI is InChI=1S/C34H29F7N6O4/c1-31(2,3)51-30(49)44-24-13-33(37,38)21-12-22(35)20(27-45-46-29(50-27)32(4,5)16-42)11-25(21)47(28(24)48)15-17-6-8-18(9-7-17)26-23(36)10-19(14-43-26)34(39,40)41/h6-12,14,24H,13,15H2,1-5H3,(H,44,49). The number of hydrogen-bond donors (Lipinski definition) is 1. The van der Waals surface area contributed by atoms with Gasteiger partial charge in [0.05, 0.1) is 29.4 Å². The maximum Gasteiger partial charge on any atom is 0.417 e. The van der Waals surface area contributed by atoms with Gasteiger partial charge in [-0.2, -0.15) is 18.4 Å². The number of nitrogens with zero attached hydrogens (tertiary/aromatic N) is 5. The lowest BCUT2D eigenvalue weighted by Crippen LogP contribution is -2.49. The smallest absolute Gasteiger partial charge is 0.417 e. The van der Waals surface area contributed by atoms with Crippen LogP contribution >= 0.6 is 0 Å². The van der Waals surface area contributed by atoms with Crippen LogP contribution in [0.25, 0.3) is 22.7 Å². The molecule has 17 heteroatoms. The van der Waals surface area contributed by atoms with Gasteiger partial charge in [-0.25, -0.2) is 22.4 Å². The highest BCUT2D eigenvalue weighted by Crippen LogP contribution is 2.45. The van der Waals surface area contributed by atoms with E-state index in [1.54, 1.807) is 0 Å². The average molecular weight is 719 g/mol. The summed E-state index contributed by atoms with van der Waals surface area (Å²) in [5.41, 5.74) is -5.54. The van der Waals surface area contributed by atoms with Gasteiger partial charge >= 0.3 is 12.3 Å². The van der Waals surface area contributed by atoms with Crippen molar-refractivity contribution >= 4 is 17.7 Å². The van der Waals surface area contributed by atoms with Gasteiger partial charge in [-0.1, -0.05) is 24.3 Å². The molecule has 0 spiro atoms. The number of alkyl halides is 5. The fourth-order valence-corrected chi connectivity index (χ4v) is 5.12. The molecule has 2 aromatic heterocycles. The Balaban J connectivity index is 1.58. The maximum atomic E-state index is 15.9. The molecule has 51 heavy (non-hydrogen) atoms. The van der Waals surface area contributed by atoms with Crippen molar-refractivity contribution in [1.29, 1.82) is 5.26 Å². The summed E-state index contributed by atoms with van der Waals surface area (Å²) in [6, 6.07) is 7.13. The molecule has 0 bridgehead atoms. The first-order chi connectivity index (χ1) is 23.6. The quantitative estimate of drug-likeness (QED) is 0.200. The van der Waals surface area contributed by atoms with Crippen molar-refractivity contribution in [1.82, 2.24) is 20.5 Å². The van der Waals surface area contributed by atoms with Crippen LogP contribution in [-0.2, 0) is 33.6 Å². The number of rotatable bonds is 6. The SMILES string of the molecule is CC(C)(C)OC(=O)NC1CC(F)(F)c2cc(F)c(-c3nnc(C(C)(C)C#N)o3)cc2N(Cc2ccc(-c3ncc(C(F)(F)F)cc3F)cc2)C1=O. The molecule has 1 aliphatic rings. The van der Waals surface area contributed by atoms with Gasteiger partial charge in [0, 0.05) is 23.7 Å². The molecule has 10 nitrogen and oxygen atoms in total. The van der Waals surface area contributed by atoms with Gasteiger partial charge in [0.1, 0.15) is 34.4 Å². The summed E-state index contributed by atoms with van der Waals surface area (Å²) in [7, 11) is 0. The van der Waals surface area contributed by atoms with Crippen molar-refractivity contribution < 1.29 is 49.5 Å². The van der Waals surface area contributed by atoms with E-state index in [-0.39, 0.29) is 17.0 Å². The van der Waals surface area contributed by atoms with Gasteiger partial charge in [-0.15, -0.1) is 10.2 Å². The number of halogens is 7. The lowest BCUT2D eigenvalue weighted by molar-refractivity contribution is -0.138. The Morgan fingerprint density at radius 1 is 1.06 bits per heavy atom. The van der Waals surface area contributed by atoms with Crippen molar-refractivity contribution in [3.8, 4) is 28.8 Å². The van der Waals surface area contributed by atoms with E-state index < -0.39 is 99.7 Å². The van der Waals surface area contributed by atoms with E-state index >= 15 is 13.2 Å². The van der Waals surface area contributed by atoms with Crippen molar-refractivity contribution in [2.45, 2.75) is 76.7 Å². The summed E-state index contributed by atoms with van der Waals surface area (Å²) in [5, 5.41) is 19.2. The minimum Gasteiger partial charge on any atom is -0.444 e. The van der Waals surface area contributed by atoms with Crippen molar-refractivity contribution in [2.24, 2.45) is 0 Å². The number of aromatic nitrogens is 3. The summed E-state index contributed by atoms with van der Waals surface area (Å²) < 4.78 is 112. The van der Waals surface area contributed by atoms with Crippen LogP contribution in [0.15, 0.2) is 53.1 Å². The molecule has 0 radical (unpaired) electrons. The summed E-state index contributed by atoms with van der Waals surface area (Å²) >= 11 is 0. The molecule has 0 fully saturated rings. The van der Waals surface area contributed by atoms with Gasteiger partial charge in [-0.05, 0) is 58.4 Å².